The summed E-state index contributed by atoms with van der Waals surface area (Å²) in [5.74, 6) is -0.532. The molecule has 0 aliphatic carbocycles. The number of hydrogen-bond acceptors (Lipinski definition) is 0. The van der Waals surface area contributed by atoms with Crippen LogP contribution >= 0.6 is 0 Å². The van der Waals surface area contributed by atoms with Gasteiger partial charge in [-0.15, -0.1) is 0 Å². The van der Waals surface area contributed by atoms with Crippen LogP contribution in [0.25, 0.3) is 0 Å². The molecule has 0 rings (SSSR count). The molecule has 6 heteroatoms. The smallest absolute Gasteiger partial charge is 0.170 e. The predicted molar refractivity (Wildman–Crippen MR) is 149 cm³/mol. The van der Waals surface area contributed by atoms with Crippen LogP contribution in [0.1, 0.15) is 149 Å². The molecule has 0 saturated heterocycles. The van der Waals surface area contributed by atoms with E-state index in [0.717, 1.165) is 17.8 Å². The largest absolute Gasteiger partial charge is 0.400 e. The van der Waals surface area contributed by atoms with E-state index in [9.17, 15) is 26.3 Å². The van der Waals surface area contributed by atoms with Crippen molar-refractivity contribution in [3.63, 3.8) is 0 Å². The Balaban J connectivity index is -0.000000116. The van der Waals surface area contributed by atoms with Gasteiger partial charge in [0.1, 0.15) is 0 Å². The van der Waals surface area contributed by atoms with Crippen LogP contribution < -0.4 is 0 Å². The van der Waals surface area contributed by atoms with E-state index in [-0.39, 0.29) is 6.42 Å². The highest BCUT2D eigenvalue weighted by Gasteiger charge is 2.55. The van der Waals surface area contributed by atoms with Crippen molar-refractivity contribution in [1.29, 1.82) is 0 Å². The van der Waals surface area contributed by atoms with Crippen molar-refractivity contribution in [3.05, 3.63) is 0 Å². The quantitative estimate of drug-likeness (QED) is 0.305. The second-order valence-corrected chi connectivity index (χ2v) is 12.7. The van der Waals surface area contributed by atoms with Crippen LogP contribution in [0.15, 0.2) is 0 Å². The topological polar surface area (TPSA) is 0 Å². The minimum Gasteiger partial charge on any atom is -0.170 e. The van der Waals surface area contributed by atoms with Gasteiger partial charge in [0.2, 0.25) is 0 Å². The molecule has 0 spiro atoms. The van der Waals surface area contributed by atoms with Gasteiger partial charge in [0.05, 0.1) is 0 Å². The SMILES string of the molecule is CC(C)C(C)C.CCC(C)(C)C.CCC(C)(C)C.CCC(C)CC.CCCC(C(F)(F)F)C(F)(F)F. The van der Waals surface area contributed by atoms with Gasteiger partial charge in [0.25, 0.3) is 0 Å². The Labute approximate surface area is 222 Å². The molecule has 0 aliphatic heterocycles. The third kappa shape index (κ3) is 43.6. The predicted octanol–water partition coefficient (Wildman–Crippen LogP) is 13.2. The van der Waals surface area contributed by atoms with E-state index in [1.54, 1.807) is 0 Å². The van der Waals surface area contributed by atoms with Crippen molar-refractivity contribution in [2.75, 3.05) is 0 Å². The molecule has 0 bridgehead atoms. The molecule has 0 atom stereocenters. The van der Waals surface area contributed by atoms with Gasteiger partial charge in [-0.3, -0.25) is 0 Å². The molecule has 0 aliphatic rings. The van der Waals surface area contributed by atoms with Gasteiger partial charge in [0, 0.05) is 0 Å². The van der Waals surface area contributed by atoms with Crippen molar-refractivity contribution >= 4 is 0 Å². The first-order valence-electron chi connectivity index (χ1n) is 13.9. The summed E-state index contributed by atoms with van der Waals surface area (Å²) < 4.78 is 70.1. The Morgan fingerprint density at radius 1 is 0.500 bits per heavy atom. The lowest BCUT2D eigenvalue weighted by Crippen LogP contribution is -2.36. The van der Waals surface area contributed by atoms with E-state index < -0.39 is 24.7 Å². The molecule has 0 aromatic carbocycles. The fourth-order valence-electron chi connectivity index (χ4n) is 1.09. The lowest BCUT2D eigenvalue weighted by molar-refractivity contribution is -0.285. The third-order valence-electron chi connectivity index (χ3n) is 6.22. The molecule has 0 N–H and O–H groups in total. The maximum absolute atomic E-state index is 11.7. The summed E-state index contributed by atoms with van der Waals surface area (Å²) in [4.78, 5) is 0. The van der Waals surface area contributed by atoms with Crippen LogP contribution in [-0.4, -0.2) is 12.4 Å². The summed E-state index contributed by atoms with van der Waals surface area (Å²) in [5.41, 5.74) is 1.08. The van der Waals surface area contributed by atoms with Crippen molar-refractivity contribution in [3.8, 4) is 0 Å². The van der Waals surface area contributed by atoms with Gasteiger partial charge in [-0.1, -0.05) is 143 Å². The number of halogens is 6. The first-order chi connectivity index (χ1) is 15.8. The van der Waals surface area contributed by atoms with Crippen LogP contribution in [0.5, 0.6) is 0 Å². The van der Waals surface area contributed by atoms with E-state index in [2.05, 4.69) is 104 Å². The Morgan fingerprint density at radius 2 is 0.722 bits per heavy atom. The summed E-state index contributed by atoms with van der Waals surface area (Å²) in [6.45, 7) is 34.9. The van der Waals surface area contributed by atoms with Crippen molar-refractivity contribution in [2.24, 2.45) is 34.5 Å². The molecular formula is C30H64F6. The highest BCUT2D eigenvalue weighted by atomic mass is 19.4. The molecule has 0 heterocycles. The normalized spacial score (nSPS) is 12.2. The molecule has 0 saturated carbocycles. The van der Waals surface area contributed by atoms with Crippen LogP contribution in [0.3, 0.4) is 0 Å². The second-order valence-electron chi connectivity index (χ2n) is 12.7. The molecule has 0 amide bonds. The van der Waals surface area contributed by atoms with Gasteiger partial charge < -0.3 is 0 Å². The highest BCUT2D eigenvalue weighted by molar-refractivity contribution is 4.74. The van der Waals surface area contributed by atoms with Crippen LogP contribution in [0.2, 0.25) is 0 Å². The third-order valence-corrected chi connectivity index (χ3v) is 6.22. The first kappa shape index (κ1) is 45.5. The molecular weight excluding hydrogens is 474 g/mol. The average molecular weight is 539 g/mol. The molecule has 0 fully saturated rings. The van der Waals surface area contributed by atoms with Gasteiger partial charge >= 0.3 is 12.4 Å². The molecule has 226 valence electrons. The van der Waals surface area contributed by atoms with E-state index >= 15 is 0 Å². The Kier molecular flexibility index (Phi) is 28.5. The van der Waals surface area contributed by atoms with Crippen LogP contribution in [-0.2, 0) is 0 Å². The van der Waals surface area contributed by atoms with Crippen molar-refractivity contribution in [1.82, 2.24) is 0 Å². The minimum absolute atomic E-state index is 0.135. The molecule has 0 aromatic heterocycles. The fourth-order valence-corrected chi connectivity index (χ4v) is 1.09. The van der Waals surface area contributed by atoms with E-state index in [4.69, 9.17) is 0 Å². The Bertz CT molecular complexity index is 396. The monoisotopic (exact) mass is 538 g/mol. The zero-order valence-corrected chi connectivity index (χ0v) is 26.8. The number of hydrogen-bond donors (Lipinski definition) is 0. The molecule has 0 radical (unpaired) electrons. The maximum Gasteiger partial charge on any atom is 0.400 e. The standard InChI is InChI=1S/C6H8F6.4C6H14/c1-2-3-4(5(7,8)9)6(10,11)12;2*1-5-6(2,3)4;1-5(2)6(3)4;1-4-6(3)5-2/h4H,2-3H2,1H3;2*5H2,1-4H3;5-6H,1-4H3;6H,4-5H2,1-3H3. The summed E-state index contributed by atoms with van der Waals surface area (Å²) in [6, 6.07) is 0. The van der Waals surface area contributed by atoms with E-state index in [1.807, 2.05) is 0 Å². The zero-order chi connectivity index (χ0) is 30.6. The summed E-state index contributed by atoms with van der Waals surface area (Å²) >= 11 is 0. The lowest BCUT2D eigenvalue weighted by atomic mass is 9.94. The lowest BCUT2D eigenvalue weighted by Gasteiger charge is -2.21. The van der Waals surface area contributed by atoms with Crippen LogP contribution in [0, 0.1) is 34.5 Å². The first-order valence-corrected chi connectivity index (χ1v) is 13.9. The minimum atomic E-state index is -5.17. The molecule has 0 nitrogen and oxygen atoms in total. The molecule has 36 heavy (non-hydrogen) atoms. The van der Waals surface area contributed by atoms with Gasteiger partial charge in [-0.2, -0.15) is 26.3 Å². The Hall–Kier alpha value is -0.420. The summed E-state index contributed by atoms with van der Waals surface area (Å²) in [6.07, 6.45) is -6.17. The highest BCUT2D eigenvalue weighted by Crippen LogP contribution is 2.41. The van der Waals surface area contributed by atoms with Crippen molar-refractivity contribution in [2.45, 2.75) is 162 Å². The second kappa shape index (κ2) is 22.6. The van der Waals surface area contributed by atoms with Crippen molar-refractivity contribution < 1.29 is 26.3 Å². The summed E-state index contributed by atoms with van der Waals surface area (Å²) in [7, 11) is 0. The zero-order valence-electron chi connectivity index (χ0n) is 26.8. The van der Waals surface area contributed by atoms with E-state index in [1.165, 1.54) is 32.6 Å². The van der Waals surface area contributed by atoms with Gasteiger partial charge in [0.15, 0.2) is 5.92 Å². The van der Waals surface area contributed by atoms with E-state index in [0.29, 0.717) is 10.8 Å². The number of rotatable bonds is 5. The van der Waals surface area contributed by atoms with Gasteiger partial charge in [-0.05, 0) is 35.0 Å². The van der Waals surface area contributed by atoms with Gasteiger partial charge in [-0.25, -0.2) is 0 Å². The average Bonchev–Trinajstić information content (AvgIpc) is 2.70. The molecule has 0 unspecified atom stereocenters. The fraction of sp³-hybridized carbons (Fsp3) is 1.00. The number of alkyl halides is 6. The summed E-state index contributed by atoms with van der Waals surface area (Å²) in [5, 5.41) is 0. The maximum atomic E-state index is 11.7. The van der Waals surface area contributed by atoms with Crippen LogP contribution in [0.4, 0.5) is 26.3 Å². The Morgan fingerprint density at radius 3 is 0.750 bits per heavy atom. The molecule has 0 aromatic rings.